The van der Waals surface area contributed by atoms with Crippen LogP contribution >= 0.6 is 0 Å². The summed E-state index contributed by atoms with van der Waals surface area (Å²) in [7, 11) is 0. The van der Waals surface area contributed by atoms with E-state index in [-0.39, 0.29) is 0 Å². The first-order valence-electron chi connectivity index (χ1n) is 5.18. The molecule has 0 aromatic carbocycles. The highest BCUT2D eigenvalue weighted by Crippen LogP contribution is 2.03. The predicted molar refractivity (Wildman–Crippen MR) is 56.4 cm³/mol. The molecule has 1 aliphatic heterocycles. The van der Waals surface area contributed by atoms with E-state index in [1.54, 1.807) is 6.20 Å². The summed E-state index contributed by atoms with van der Waals surface area (Å²) in [6.45, 7) is 2.89. The maximum absolute atomic E-state index is 4.43. The summed E-state index contributed by atoms with van der Waals surface area (Å²) in [6.07, 6.45) is 9.25. The second kappa shape index (κ2) is 4.79. The Labute approximate surface area is 84.1 Å². The molecule has 4 nitrogen and oxygen atoms in total. The van der Waals surface area contributed by atoms with Crippen LogP contribution in [-0.2, 0) is 6.54 Å². The van der Waals surface area contributed by atoms with Crippen LogP contribution in [0.5, 0.6) is 0 Å². The van der Waals surface area contributed by atoms with Gasteiger partial charge in [0.05, 0.1) is 12.2 Å². The molecule has 1 aromatic heterocycles. The highest BCUT2D eigenvalue weighted by molar-refractivity contribution is 5.82. The number of amidine groups is 1. The predicted octanol–water partition coefficient (Wildman–Crippen LogP) is 1.06. The molecular weight excluding hydrogens is 176 g/mol. The molecular formula is C10H16N4. The van der Waals surface area contributed by atoms with Crippen molar-refractivity contribution in [3.63, 3.8) is 0 Å². The van der Waals surface area contributed by atoms with Crippen LogP contribution in [0.15, 0.2) is 23.7 Å². The van der Waals surface area contributed by atoms with E-state index in [0.717, 1.165) is 26.1 Å². The number of rotatable bonds is 3. The Balaban J connectivity index is 1.70. The van der Waals surface area contributed by atoms with Gasteiger partial charge in [-0.3, -0.25) is 4.99 Å². The molecule has 0 amide bonds. The highest BCUT2D eigenvalue weighted by Gasteiger charge is 2.03. The Kier molecular flexibility index (Phi) is 3.16. The van der Waals surface area contributed by atoms with Gasteiger partial charge in [-0.2, -0.15) is 0 Å². The Morgan fingerprint density at radius 2 is 2.43 bits per heavy atom. The van der Waals surface area contributed by atoms with Crippen LogP contribution in [0.3, 0.4) is 0 Å². The molecule has 2 heterocycles. The van der Waals surface area contributed by atoms with E-state index < -0.39 is 0 Å². The van der Waals surface area contributed by atoms with Crippen LogP contribution in [-0.4, -0.2) is 28.5 Å². The van der Waals surface area contributed by atoms with Crippen molar-refractivity contribution in [3.8, 4) is 0 Å². The zero-order valence-corrected chi connectivity index (χ0v) is 8.32. The fourth-order valence-corrected chi connectivity index (χ4v) is 1.59. The molecule has 1 N–H and O–H groups in total. The normalized spacial score (nSPS) is 16.4. The fraction of sp³-hybridized carbons (Fsp3) is 0.600. The molecule has 76 valence electrons. The largest absolute Gasteiger partial charge is 0.372 e. The molecule has 0 aliphatic carbocycles. The average Bonchev–Trinajstić information content (AvgIpc) is 2.72. The minimum atomic E-state index is 0.940. The average molecular weight is 192 g/mol. The van der Waals surface area contributed by atoms with Gasteiger partial charge in [-0.05, 0) is 12.8 Å². The van der Waals surface area contributed by atoms with Crippen LogP contribution in [0.4, 0.5) is 0 Å². The second-order valence-electron chi connectivity index (χ2n) is 3.51. The molecule has 0 atom stereocenters. The van der Waals surface area contributed by atoms with Gasteiger partial charge in [0, 0.05) is 38.4 Å². The molecule has 1 aromatic rings. The van der Waals surface area contributed by atoms with E-state index in [0.29, 0.717) is 0 Å². The molecule has 0 unspecified atom stereocenters. The molecule has 1 aliphatic rings. The summed E-state index contributed by atoms with van der Waals surface area (Å²) in [6, 6.07) is 0. The van der Waals surface area contributed by atoms with Gasteiger partial charge in [0.1, 0.15) is 0 Å². The molecule has 0 bridgehead atoms. The summed E-state index contributed by atoms with van der Waals surface area (Å²) >= 11 is 0. The number of aromatic nitrogens is 2. The van der Waals surface area contributed by atoms with Crippen molar-refractivity contribution < 1.29 is 0 Å². The molecule has 0 spiro atoms. The summed E-state index contributed by atoms with van der Waals surface area (Å²) in [5, 5.41) is 3.36. The molecule has 0 radical (unpaired) electrons. The van der Waals surface area contributed by atoms with E-state index in [1.807, 2.05) is 12.5 Å². The Morgan fingerprint density at radius 1 is 1.43 bits per heavy atom. The van der Waals surface area contributed by atoms with Crippen molar-refractivity contribution in [2.45, 2.75) is 25.8 Å². The highest BCUT2D eigenvalue weighted by atomic mass is 15.1. The van der Waals surface area contributed by atoms with Crippen LogP contribution < -0.4 is 5.32 Å². The third-order valence-electron chi connectivity index (χ3n) is 2.38. The lowest BCUT2D eigenvalue weighted by Gasteiger charge is -2.13. The van der Waals surface area contributed by atoms with E-state index >= 15 is 0 Å². The lowest BCUT2D eigenvalue weighted by atomic mass is 10.2. The maximum Gasteiger partial charge on any atom is 0.0963 e. The van der Waals surface area contributed by atoms with E-state index in [9.17, 15) is 0 Å². The first-order chi connectivity index (χ1) is 6.95. The molecule has 4 heteroatoms. The number of imidazole rings is 1. The Morgan fingerprint density at radius 3 is 3.14 bits per heavy atom. The molecule has 0 saturated carbocycles. The molecule has 0 saturated heterocycles. The summed E-state index contributed by atoms with van der Waals surface area (Å²) in [5.41, 5.74) is 0. The zero-order valence-electron chi connectivity index (χ0n) is 8.32. The zero-order chi connectivity index (χ0) is 9.64. The standard InChI is InChI=1S/C10H16N4/c1-2-4-12-10(3-1)13-6-8-14-7-5-11-9-14/h5,7,9H,1-4,6,8H2,(H,12,13). The Bertz CT molecular complexity index is 289. The third kappa shape index (κ3) is 2.58. The van der Waals surface area contributed by atoms with Crippen molar-refractivity contribution in [3.05, 3.63) is 18.7 Å². The lowest BCUT2D eigenvalue weighted by Crippen LogP contribution is -2.28. The van der Waals surface area contributed by atoms with Gasteiger partial charge in [0.2, 0.25) is 0 Å². The maximum atomic E-state index is 4.43. The van der Waals surface area contributed by atoms with E-state index in [4.69, 9.17) is 0 Å². The number of hydrogen-bond donors (Lipinski definition) is 1. The van der Waals surface area contributed by atoms with E-state index in [1.165, 1.54) is 18.7 Å². The van der Waals surface area contributed by atoms with Crippen molar-refractivity contribution in [2.75, 3.05) is 13.1 Å². The SMILES string of the molecule is c1cn(CCNC2=NCCCC2)cn1. The van der Waals surface area contributed by atoms with Crippen molar-refractivity contribution in [1.29, 1.82) is 0 Å². The van der Waals surface area contributed by atoms with Gasteiger partial charge >= 0.3 is 0 Å². The number of nitrogens with zero attached hydrogens (tertiary/aromatic N) is 3. The molecule has 2 rings (SSSR count). The monoisotopic (exact) mass is 192 g/mol. The van der Waals surface area contributed by atoms with Crippen molar-refractivity contribution >= 4 is 5.84 Å². The van der Waals surface area contributed by atoms with Crippen LogP contribution in [0.2, 0.25) is 0 Å². The number of aliphatic imine (C=N–C) groups is 1. The fourth-order valence-electron chi connectivity index (χ4n) is 1.59. The molecule has 14 heavy (non-hydrogen) atoms. The second-order valence-corrected chi connectivity index (χ2v) is 3.51. The summed E-state index contributed by atoms with van der Waals surface area (Å²) < 4.78 is 2.07. The van der Waals surface area contributed by atoms with Crippen molar-refractivity contribution in [2.24, 2.45) is 4.99 Å². The van der Waals surface area contributed by atoms with Gasteiger partial charge in [-0.1, -0.05) is 0 Å². The van der Waals surface area contributed by atoms with Gasteiger partial charge < -0.3 is 9.88 Å². The minimum absolute atomic E-state index is 0.940. The van der Waals surface area contributed by atoms with Gasteiger partial charge in [0.15, 0.2) is 0 Å². The quantitative estimate of drug-likeness (QED) is 0.778. The first-order valence-corrected chi connectivity index (χ1v) is 5.18. The molecule has 0 fully saturated rings. The van der Waals surface area contributed by atoms with Crippen LogP contribution in [0, 0.1) is 0 Å². The first kappa shape index (κ1) is 9.24. The van der Waals surface area contributed by atoms with E-state index in [2.05, 4.69) is 19.9 Å². The smallest absolute Gasteiger partial charge is 0.0963 e. The van der Waals surface area contributed by atoms with Gasteiger partial charge in [0.25, 0.3) is 0 Å². The van der Waals surface area contributed by atoms with Crippen LogP contribution in [0.1, 0.15) is 19.3 Å². The van der Waals surface area contributed by atoms with Gasteiger partial charge in [-0.25, -0.2) is 4.98 Å². The third-order valence-corrected chi connectivity index (χ3v) is 2.38. The lowest BCUT2D eigenvalue weighted by molar-refractivity contribution is 0.649. The summed E-state index contributed by atoms with van der Waals surface area (Å²) in [5.74, 6) is 1.18. The number of hydrogen-bond acceptors (Lipinski definition) is 3. The topological polar surface area (TPSA) is 42.2 Å². The van der Waals surface area contributed by atoms with Crippen molar-refractivity contribution in [1.82, 2.24) is 14.9 Å². The minimum Gasteiger partial charge on any atom is -0.372 e. The Hall–Kier alpha value is -1.32. The number of nitrogens with one attached hydrogen (secondary N) is 1. The van der Waals surface area contributed by atoms with Crippen LogP contribution in [0.25, 0.3) is 0 Å². The summed E-state index contributed by atoms with van der Waals surface area (Å²) in [4.78, 5) is 8.42. The van der Waals surface area contributed by atoms with Gasteiger partial charge in [-0.15, -0.1) is 0 Å².